The van der Waals surface area contributed by atoms with Gasteiger partial charge in [0.15, 0.2) is 0 Å². The first-order chi connectivity index (χ1) is 16.9. The highest BCUT2D eigenvalue weighted by Gasteiger charge is 2.37. The van der Waals surface area contributed by atoms with Crippen molar-refractivity contribution in [3.05, 3.63) is 119 Å². The number of hydrogen-bond donors (Lipinski definition) is 0. The molecule has 0 amide bonds. The van der Waals surface area contributed by atoms with Crippen LogP contribution in [-0.4, -0.2) is 11.3 Å². The third-order valence-electron chi connectivity index (χ3n) is 6.42. The van der Waals surface area contributed by atoms with Crippen LogP contribution in [0.3, 0.4) is 0 Å². The average Bonchev–Trinajstić information content (AvgIpc) is 3.57. The van der Waals surface area contributed by atoms with Gasteiger partial charge in [0, 0.05) is 19.2 Å². The average molecular weight is 498 g/mol. The Kier molecular flexibility index (Phi) is 6.97. The second-order valence-electron chi connectivity index (χ2n) is 9.41. The minimum atomic E-state index is -0.846. The summed E-state index contributed by atoms with van der Waals surface area (Å²) in [6.07, 6.45) is 11.6. The Morgan fingerprint density at radius 1 is 0.743 bits per heavy atom. The maximum absolute atomic E-state index is 5.95. The monoisotopic (exact) mass is 497 g/mol. The van der Waals surface area contributed by atoms with E-state index in [1.807, 2.05) is 12.1 Å². The highest BCUT2D eigenvalue weighted by molar-refractivity contribution is 7.74. The third kappa shape index (κ3) is 5.02. The molecule has 177 valence electrons. The number of furan rings is 2. The largest absolute Gasteiger partial charge is 0.464 e. The van der Waals surface area contributed by atoms with E-state index in [9.17, 15) is 0 Å². The van der Waals surface area contributed by atoms with Crippen LogP contribution < -0.4 is 21.6 Å². The molecule has 0 saturated carbocycles. The van der Waals surface area contributed by atoms with Crippen molar-refractivity contribution < 1.29 is 8.83 Å². The summed E-state index contributed by atoms with van der Waals surface area (Å²) in [5.41, 5.74) is 9.08. The van der Waals surface area contributed by atoms with Crippen LogP contribution in [0.5, 0.6) is 0 Å². The summed E-state index contributed by atoms with van der Waals surface area (Å²) < 4.78 is 11.9. The predicted molar refractivity (Wildman–Crippen MR) is 151 cm³/mol. The van der Waals surface area contributed by atoms with Crippen molar-refractivity contribution in [2.75, 3.05) is 0 Å². The summed E-state index contributed by atoms with van der Waals surface area (Å²) in [6.45, 7) is 11.2. The van der Waals surface area contributed by atoms with Crippen LogP contribution in [0.4, 0.5) is 0 Å². The molecule has 1 aliphatic rings. The first-order valence-corrected chi connectivity index (χ1v) is 14.8. The van der Waals surface area contributed by atoms with Gasteiger partial charge >= 0.3 is 0 Å². The molecule has 0 N–H and O–H groups in total. The highest BCUT2D eigenvalue weighted by atomic mass is 31.1. The first-order valence-electron chi connectivity index (χ1n) is 12.0. The minimum absolute atomic E-state index is 0.194. The summed E-state index contributed by atoms with van der Waals surface area (Å²) in [7, 11) is -1.49. The summed E-state index contributed by atoms with van der Waals surface area (Å²) in [4.78, 5) is 0. The topological polar surface area (TPSA) is 26.3 Å². The zero-order valence-electron chi connectivity index (χ0n) is 20.9. The zero-order chi connectivity index (χ0) is 24.5. The Bertz CT molecular complexity index is 1240. The highest BCUT2D eigenvalue weighted by Crippen LogP contribution is 2.52. The molecule has 0 spiro atoms. The van der Waals surface area contributed by atoms with Crippen molar-refractivity contribution in [1.82, 2.24) is 0 Å². The number of rotatable bonds is 7. The number of benzene rings is 2. The van der Waals surface area contributed by atoms with Crippen LogP contribution in [-0.2, 0) is 0 Å². The first kappa shape index (κ1) is 24.1. The number of hydrogen-bond acceptors (Lipinski definition) is 2. The van der Waals surface area contributed by atoms with Gasteiger partial charge in [-0.3, -0.25) is 0 Å². The minimum Gasteiger partial charge on any atom is -0.464 e. The van der Waals surface area contributed by atoms with Crippen molar-refractivity contribution in [3.63, 3.8) is 0 Å². The van der Waals surface area contributed by atoms with Crippen molar-refractivity contribution in [3.8, 4) is 0 Å². The third-order valence-corrected chi connectivity index (χ3v) is 11.6. The lowest BCUT2D eigenvalue weighted by molar-refractivity contribution is 0.592. The van der Waals surface area contributed by atoms with E-state index < -0.39 is 15.8 Å². The maximum atomic E-state index is 5.95. The van der Waals surface area contributed by atoms with Crippen molar-refractivity contribution >= 4 is 37.5 Å². The predicted octanol–water partition coefficient (Wildman–Crippen LogP) is 6.73. The van der Waals surface area contributed by atoms with Crippen LogP contribution in [0.25, 0.3) is 0 Å². The SMILES string of the molecule is Cc1cc(C)cc(P(c2cc(C)cc(C)c2)[C@@H](C)C2=[C]C=CC2P(c2ccco2)c2ccco2)c1. The fourth-order valence-corrected chi connectivity index (χ4v) is 10.8. The second-order valence-corrected chi connectivity index (χ2v) is 14.1. The fourth-order valence-electron chi connectivity index (χ4n) is 5.13. The standard InChI is InChI=1S/C31H31O2P2/c1-21-15-22(2)18-26(17-21)34(27-19-23(3)16-24(4)20-27)25(5)28-9-6-10-29(28)35(30-11-7-13-32-30)31-12-8-14-33-31/h6-8,10-20,25,29H,1-5H3/t25-,29?/m0/s1. The van der Waals surface area contributed by atoms with Crippen LogP contribution in [0.15, 0.2) is 99.7 Å². The van der Waals surface area contributed by atoms with E-state index in [4.69, 9.17) is 8.83 Å². The van der Waals surface area contributed by atoms with Crippen LogP contribution in [0, 0.1) is 33.8 Å². The van der Waals surface area contributed by atoms with Crippen molar-refractivity contribution in [2.45, 2.75) is 45.9 Å². The summed E-state index contributed by atoms with van der Waals surface area (Å²) >= 11 is 0. The lowest BCUT2D eigenvalue weighted by Crippen LogP contribution is -2.28. The number of aryl methyl sites for hydroxylation is 4. The fraction of sp³-hybridized carbons (Fsp3) is 0.226. The molecule has 0 aliphatic heterocycles. The van der Waals surface area contributed by atoms with Crippen LogP contribution in [0.2, 0.25) is 0 Å². The van der Waals surface area contributed by atoms with E-state index in [-0.39, 0.29) is 5.66 Å². The second kappa shape index (κ2) is 10.1. The molecule has 2 nitrogen and oxygen atoms in total. The van der Waals surface area contributed by atoms with Gasteiger partial charge in [0.05, 0.1) is 12.5 Å². The Labute approximate surface area is 211 Å². The summed E-state index contributed by atoms with van der Waals surface area (Å²) in [6, 6.07) is 22.2. The molecular weight excluding hydrogens is 466 g/mol. The summed E-state index contributed by atoms with van der Waals surface area (Å²) in [5, 5.41) is 2.85. The van der Waals surface area contributed by atoms with Gasteiger partial charge in [-0.2, -0.15) is 0 Å². The molecule has 2 aromatic heterocycles. The molecule has 4 aromatic rings. The molecule has 0 fully saturated rings. The molecule has 1 unspecified atom stereocenters. The molecule has 0 bridgehead atoms. The Balaban J connectivity index is 1.60. The normalized spacial score (nSPS) is 16.3. The van der Waals surface area contributed by atoms with Gasteiger partial charge in [0.25, 0.3) is 0 Å². The van der Waals surface area contributed by atoms with Gasteiger partial charge in [-0.25, -0.2) is 0 Å². The van der Waals surface area contributed by atoms with E-state index in [1.165, 1.54) is 38.4 Å². The van der Waals surface area contributed by atoms with Gasteiger partial charge < -0.3 is 8.83 Å². The van der Waals surface area contributed by atoms with Crippen LogP contribution in [0.1, 0.15) is 29.2 Å². The molecule has 4 heteroatoms. The van der Waals surface area contributed by atoms with E-state index in [2.05, 4.69) is 101 Å². The van der Waals surface area contributed by atoms with Gasteiger partial charge in [-0.1, -0.05) is 77.7 Å². The molecule has 2 aromatic carbocycles. The molecule has 2 heterocycles. The Hall–Kier alpha value is -2.66. The molecule has 35 heavy (non-hydrogen) atoms. The zero-order valence-corrected chi connectivity index (χ0v) is 22.7. The summed E-state index contributed by atoms with van der Waals surface area (Å²) in [5.74, 6) is 0. The lowest BCUT2D eigenvalue weighted by atomic mass is 10.1. The van der Waals surface area contributed by atoms with E-state index >= 15 is 0 Å². The number of allylic oxidation sites excluding steroid dienone is 4. The molecular formula is C31H31O2P2. The van der Waals surface area contributed by atoms with Crippen molar-refractivity contribution in [2.24, 2.45) is 0 Å². The molecule has 5 rings (SSSR count). The van der Waals surface area contributed by atoms with E-state index in [1.54, 1.807) is 12.5 Å². The molecule has 2 atom stereocenters. The van der Waals surface area contributed by atoms with Crippen molar-refractivity contribution in [1.29, 1.82) is 0 Å². The van der Waals surface area contributed by atoms with Gasteiger partial charge in [0.1, 0.15) is 11.0 Å². The Morgan fingerprint density at radius 3 is 1.66 bits per heavy atom. The lowest BCUT2D eigenvalue weighted by Gasteiger charge is -2.32. The van der Waals surface area contributed by atoms with Gasteiger partial charge in [0.2, 0.25) is 0 Å². The van der Waals surface area contributed by atoms with E-state index in [0.717, 1.165) is 11.0 Å². The van der Waals surface area contributed by atoms with E-state index in [0.29, 0.717) is 5.66 Å². The molecule has 1 aliphatic carbocycles. The smallest absolute Gasteiger partial charge is 0.134 e. The Morgan fingerprint density at radius 2 is 1.23 bits per heavy atom. The quantitative estimate of drug-likeness (QED) is 0.265. The van der Waals surface area contributed by atoms with Gasteiger partial charge in [-0.05, 0) is 82.1 Å². The van der Waals surface area contributed by atoms with Crippen LogP contribution >= 0.6 is 15.8 Å². The molecule has 1 radical (unpaired) electrons. The van der Waals surface area contributed by atoms with Gasteiger partial charge in [-0.15, -0.1) is 0 Å². The molecule has 0 saturated heterocycles. The maximum Gasteiger partial charge on any atom is 0.134 e.